The molecular weight excluding hydrogens is 448 g/mol. The van der Waals surface area contributed by atoms with Gasteiger partial charge in [0.15, 0.2) is 0 Å². The first-order valence-electron chi connectivity index (χ1n) is 11.9. The summed E-state index contributed by atoms with van der Waals surface area (Å²) in [6.07, 6.45) is 2.57. The van der Waals surface area contributed by atoms with Gasteiger partial charge in [-0.15, -0.1) is 0 Å². The molecule has 0 bridgehead atoms. The molecule has 7 heteroatoms. The molecule has 34 heavy (non-hydrogen) atoms. The molecule has 0 saturated carbocycles. The Labute approximate surface area is 204 Å². The molecule has 1 fully saturated rings. The molecule has 2 aliphatic rings. The highest BCUT2D eigenvalue weighted by atomic mass is 32.2. The SMILES string of the molecule is Cc1ccc(Oc2cc(OC3CCOCC3)c3[nH]c(C4=NCC(CC(C)(C)O)S4)cc3c2)cc1. The number of hydrogen-bond donors (Lipinski definition) is 2. The summed E-state index contributed by atoms with van der Waals surface area (Å²) in [4.78, 5) is 8.31. The molecule has 1 saturated heterocycles. The fraction of sp³-hybridized carbons (Fsp3) is 0.444. The summed E-state index contributed by atoms with van der Waals surface area (Å²) in [5.41, 5.74) is 2.42. The maximum Gasteiger partial charge on any atom is 0.147 e. The van der Waals surface area contributed by atoms with Crippen LogP contribution in [0.4, 0.5) is 0 Å². The van der Waals surface area contributed by atoms with Crippen LogP contribution in [0.15, 0.2) is 47.5 Å². The van der Waals surface area contributed by atoms with E-state index in [0.717, 1.165) is 64.9 Å². The highest BCUT2D eigenvalue weighted by Gasteiger charge is 2.28. The van der Waals surface area contributed by atoms with Crippen LogP contribution < -0.4 is 9.47 Å². The molecule has 3 heterocycles. The topological polar surface area (TPSA) is 76.1 Å². The Hall–Kier alpha value is -2.48. The number of nitrogens with one attached hydrogen (secondary N) is 1. The van der Waals surface area contributed by atoms with Crippen molar-refractivity contribution in [2.45, 2.75) is 57.0 Å². The zero-order valence-corrected chi connectivity index (χ0v) is 20.8. The quantitative estimate of drug-likeness (QED) is 0.444. The molecule has 0 amide bonds. The lowest BCUT2D eigenvalue weighted by Crippen LogP contribution is -2.25. The summed E-state index contributed by atoms with van der Waals surface area (Å²) in [6.45, 7) is 7.92. The van der Waals surface area contributed by atoms with Crippen LogP contribution in [0.25, 0.3) is 10.9 Å². The standard InChI is InChI=1S/C27H32N2O4S/c1-17-4-6-19(7-5-17)32-21-12-18-13-23(26-28-16-22(34-26)15-27(2,3)30)29-25(18)24(14-21)33-20-8-10-31-11-9-20/h4-7,12-14,20,22,29-30H,8-11,15-16H2,1-3H3. The van der Waals surface area contributed by atoms with E-state index >= 15 is 0 Å². The predicted molar refractivity (Wildman–Crippen MR) is 138 cm³/mol. The van der Waals surface area contributed by atoms with Crippen molar-refractivity contribution in [3.05, 3.63) is 53.7 Å². The third-order valence-electron chi connectivity index (χ3n) is 6.06. The summed E-state index contributed by atoms with van der Waals surface area (Å²) in [5.74, 6) is 2.32. The predicted octanol–water partition coefficient (Wildman–Crippen LogP) is 5.85. The zero-order valence-electron chi connectivity index (χ0n) is 20.0. The van der Waals surface area contributed by atoms with Crippen molar-refractivity contribution in [3.63, 3.8) is 0 Å². The van der Waals surface area contributed by atoms with Crippen LogP contribution in [0, 0.1) is 6.92 Å². The van der Waals surface area contributed by atoms with Gasteiger partial charge >= 0.3 is 0 Å². The molecule has 1 atom stereocenters. The van der Waals surface area contributed by atoms with E-state index in [1.54, 1.807) is 11.8 Å². The number of ether oxygens (including phenoxy) is 3. The molecule has 180 valence electrons. The first-order valence-corrected chi connectivity index (χ1v) is 12.8. The second-order valence-electron chi connectivity index (χ2n) is 9.82. The zero-order chi connectivity index (χ0) is 23.7. The first kappa shape index (κ1) is 23.3. The number of hydrogen-bond acceptors (Lipinski definition) is 6. The van der Waals surface area contributed by atoms with Gasteiger partial charge in [-0.25, -0.2) is 0 Å². The highest BCUT2D eigenvalue weighted by Crippen LogP contribution is 2.37. The Balaban J connectivity index is 1.44. The van der Waals surface area contributed by atoms with Gasteiger partial charge in [-0.1, -0.05) is 29.5 Å². The van der Waals surface area contributed by atoms with Crippen molar-refractivity contribution in [2.24, 2.45) is 4.99 Å². The molecule has 2 N–H and O–H groups in total. The van der Waals surface area contributed by atoms with E-state index in [1.807, 2.05) is 50.2 Å². The number of aliphatic hydroxyl groups is 1. The molecule has 6 nitrogen and oxygen atoms in total. The second-order valence-corrected chi connectivity index (χ2v) is 11.1. The minimum absolute atomic E-state index is 0.118. The molecule has 1 unspecified atom stereocenters. The number of H-pyrrole nitrogens is 1. The Kier molecular flexibility index (Phi) is 6.60. The van der Waals surface area contributed by atoms with Gasteiger partial charge in [0.05, 0.1) is 36.6 Å². The first-order chi connectivity index (χ1) is 16.3. The Bertz CT molecular complexity index is 1170. The van der Waals surface area contributed by atoms with Gasteiger partial charge < -0.3 is 24.3 Å². The van der Waals surface area contributed by atoms with E-state index in [2.05, 4.69) is 18.0 Å². The van der Waals surface area contributed by atoms with Gasteiger partial charge in [0, 0.05) is 29.5 Å². The minimum Gasteiger partial charge on any atom is -0.488 e. The summed E-state index contributed by atoms with van der Waals surface area (Å²) < 4.78 is 18.2. The van der Waals surface area contributed by atoms with Crippen LogP contribution in [0.3, 0.4) is 0 Å². The normalized spacial score (nSPS) is 19.4. The summed E-state index contributed by atoms with van der Waals surface area (Å²) in [5, 5.41) is 12.5. The van der Waals surface area contributed by atoms with Crippen LogP contribution in [-0.4, -0.2) is 51.8 Å². The average Bonchev–Trinajstić information content (AvgIpc) is 3.42. The van der Waals surface area contributed by atoms with Crippen molar-refractivity contribution in [3.8, 4) is 17.2 Å². The van der Waals surface area contributed by atoms with Crippen LogP contribution in [0.1, 0.15) is 44.4 Å². The van der Waals surface area contributed by atoms with Gasteiger partial charge in [-0.05, 0) is 51.5 Å². The molecule has 5 rings (SSSR count). The Morgan fingerprint density at radius 2 is 1.88 bits per heavy atom. The second kappa shape index (κ2) is 9.64. The molecule has 0 aliphatic carbocycles. The maximum absolute atomic E-state index is 10.2. The third kappa shape index (κ3) is 5.59. The number of aromatic nitrogens is 1. The maximum atomic E-state index is 10.2. The number of aryl methyl sites for hydroxylation is 1. The van der Waals surface area contributed by atoms with Gasteiger partial charge in [0.25, 0.3) is 0 Å². The molecule has 2 aliphatic heterocycles. The molecule has 0 radical (unpaired) electrons. The number of rotatable bonds is 7. The Morgan fingerprint density at radius 1 is 1.12 bits per heavy atom. The minimum atomic E-state index is -0.698. The lowest BCUT2D eigenvalue weighted by Gasteiger charge is -2.24. The molecular formula is C27H32N2O4S. The van der Waals surface area contributed by atoms with E-state index in [9.17, 15) is 5.11 Å². The van der Waals surface area contributed by atoms with Crippen LogP contribution in [-0.2, 0) is 4.74 Å². The number of aromatic amines is 1. The Morgan fingerprint density at radius 3 is 2.62 bits per heavy atom. The van der Waals surface area contributed by atoms with Gasteiger partial charge in [-0.3, -0.25) is 4.99 Å². The van der Waals surface area contributed by atoms with E-state index in [0.29, 0.717) is 13.0 Å². The third-order valence-corrected chi connectivity index (χ3v) is 7.28. The van der Waals surface area contributed by atoms with Gasteiger partial charge in [0.2, 0.25) is 0 Å². The van der Waals surface area contributed by atoms with Gasteiger partial charge in [0.1, 0.15) is 28.4 Å². The average molecular weight is 481 g/mol. The van der Waals surface area contributed by atoms with Gasteiger partial charge in [-0.2, -0.15) is 0 Å². The largest absolute Gasteiger partial charge is 0.488 e. The van der Waals surface area contributed by atoms with E-state index in [4.69, 9.17) is 19.2 Å². The molecule has 3 aromatic rings. The van der Waals surface area contributed by atoms with E-state index in [-0.39, 0.29) is 11.4 Å². The smallest absolute Gasteiger partial charge is 0.147 e. The number of nitrogens with zero attached hydrogens (tertiary/aromatic N) is 1. The van der Waals surface area contributed by atoms with Crippen LogP contribution in [0.5, 0.6) is 17.2 Å². The fourth-order valence-corrected chi connectivity index (χ4v) is 5.74. The van der Waals surface area contributed by atoms with Crippen molar-refractivity contribution in [1.29, 1.82) is 0 Å². The number of fused-ring (bicyclic) bond motifs is 1. The number of thioether (sulfide) groups is 1. The van der Waals surface area contributed by atoms with Crippen molar-refractivity contribution >= 4 is 27.7 Å². The highest BCUT2D eigenvalue weighted by molar-refractivity contribution is 8.15. The monoisotopic (exact) mass is 480 g/mol. The van der Waals surface area contributed by atoms with Crippen LogP contribution in [0.2, 0.25) is 0 Å². The van der Waals surface area contributed by atoms with Crippen molar-refractivity contribution in [2.75, 3.05) is 19.8 Å². The lowest BCUT2D eigenvalue weighted by molar-refractivity contribution is 0.0260. The fourth-order valence-electron chi connectivity index (χ4n) is 4.40. The van der Waals surface area contributed by atoms with E-state index in [1.165, 1.54) is 5.56 Å². The summed E-state index contributed by atoms with van der Waals surface area (Å²) >= 11 is 1.73. The molecule has 2 aromatic carbocycles. The van der Waals surface area contributed by atoms with Crippen molar-refractivity contribution in [1.82, 2.24) is 4.98 Å². The van der Waals surface area contributed by atoms with Crippen molar-refractivity contribution < 1.29 is 19.3 Å². The lowest BCUT2D eigenvalue weighted by atomic mass is 10.0. The number of aliphatic imine (C=N–C) groups is 1. The van der Waals surface area contributed by atoms with Crippen LogP contribution >= 0.6 is 11.8 Å². The molecule has 1 aromatic heterocycles. The van der Waals surface area contributed by atoms with E-state index < -0.39 is 5.60 Å². The summed E-state index contributed by atoms with van der Waals surface area (Å²) in [7, 11) is 0. The number of benzene rings is 2. The summed E-state index contributed by atoms with van der Waals surface area (Å²) in [6, 6.07) is 14.2. The molecule has 0 spiro atoms.